The molecule has 0 atom stereocenters. The van der Waals surface area contributed by atoms with Crippen molar-refractivity contribution in [1.82, 2.24) is 0 Å². The van der Waals surface area contributed by atoms with Crippen LogP contribution in [0.2, 0.25) is 10.0 Å². The predicted octanol–water partition coefficient (Wildman–Crippen LogP) is 6.87. The summed E-state index contributed by atoms with van der Waals surface area (Å²) in [7, 11) is 0. The molecule has 1 aliphatic heterocycles. The smallest absolute Gasteiger partial charge is 0.0776 e. The van der Waals surface area contributed by atoms with Crippen LogP contribution < -0.4 is 4.90 Å². The van der Waals surface area contributed by atoms with Gasteiger partial charge in [-0.15, -0.1) is 11.3 Å². The highest BCUT2D eigenvalue weighted by molar-refractivity contribution is 7.18. The number of hydrogen-bond acceptors (Lipinski definition) is 2. The summed E-state index contributed by atoms with van der Waals surface area (Å²) in [6.07, 6.45) is 3.89. The van der Waals surface area contributed by atoms with Gasteiger partial charge in [0.15, 0.2) is 0 Å². The van der Waals surface area contributed by atoms with Crippen molar-refractivity contribution < 1.29 is 0 Å². The molecule has 3 aromatic rings. The van der Waals surface area contributed by atoms with Crippen molar-refractivity contribution in [3.05, 3.63) is 51.8 Å². The van der Waals surface area contributed by atoms with Crippen molar-refractivity contribution in [2.24, 2.45) is 0 Å². The Labute approximate surface area is 150 Å². The van der Waals surface area contributed by atoms with E-state index in [-0.39, 0.29) is 0 Å². The Balaban J connectivity index is 1.80. The Bertz CT molecular complexity index is 850. The lowest BCUT2D eigenvalue weighted by molar-refractivity contribution is 0.578. The van der Waals surface area contributed by atoms with Crippen LogP contribution in [-0.2, 0) is 0 Å². The average molecular weight is 362 g/mol. The van der Waals surface area contributed by atoms with Crippen molar-refractivity contribution in [3.63, 3.8) is 0 Å². The topological polar surface area (TPSA) is 3.24 Å². The molecular weight excluding hydrogens is 345 g/mol. The van der Waals surface area contributed by atoms with Crippen molar-refractivity contribution in [3.8, 4) is 11.1 Å². The van der Waals surface area contributed by atoms with Crippen LogP contribution in [0.1, 0.15) is 19.3 Å². The first-order valence-corrected chi connectivity index (χ1v) is 9.58. The van der Waals surface area contributed by atoms with Gasteiger partial charge in [-0.05, 0) is 59.9 Å². The summed E-state index contributed by atoms with van der Waals surface area (Å²) in [5.41, 5.74) is 3.43. The second-order valence-corrected chi connectivity index (χ2v) is 7.66. The summed E-state index contributed by atoms with van der Waals surface area (Å²) < 4.78 is 1.06. The van der Waals surface area contributed by atoms with Gasteiger partial charge in [0.1, 0.15) is 0 Å². The van der Waals surface area contributed by atoms with Gasteiger partial charge in [0.25, 0.3) is 0 Å². The molecule has 4 heteroatoms. The molecule has 2 heterocycles. The molecule has 4 rings (SSSR count). The largest absolute Gasteiger partial charge is 0.372 e. The van der Waals surface area contributed by atoms with Gasteiger partial charge in [-0.25, -0.2) is 0 Å². The normalized spacial score (nSPS) is 15.3. The molecule has 0 radical (unpaired) electrons. The Morgan fingerprint density at radius 1 is 0.913 bits per heavy atom. The Morgan fingerprint density at radius 2 is 1.74 bits per heavy atom. The number of rotatable bonds is 2. The molecule has 1 fully saturated rings. The molecule has 0 bridgehead atoms. The molecule has 1 saturated heterocycles. The fourth-order valence-corrected chi connectivity index (χ4v) is 4.76. The number of benzene rings is 2. The molecule has 1 nitrogen and oxygen atoms in total. The van der Waals surface area contributed by atoms with Gasteiger partial charge in [0.2, 0.25) is 0 Å². The molecule has 0 N–H and O–H groups in total. The zero-order valence-corrected chi connectivity index (χ0v) is 15.0. The number of hydrogen-bond donors (Lipinski definition) is 0. The quantitative estimate of drug-likeness (QED) is 0.481. The minimum atomic E-state index is 0.650. The summed E-state index contributed by atoms with van der Waals surface area (Å²) >= 11 is 14.7. The zero-order chi connectivity index (χ0) is 15.8. The molecular formula is C19H17Cl2NS. The summed E-state index contributed by atoms with van der Waals surface area (Å²) in [4.78, 5) is 2.46. The van der Waals surface area contributed by atoms with E-state index >= 15 is 0 Å². The first-order valence-electron chi connectivity index (χ1n) is 7.94. The van der Waals surface area contributed by atoms with E-state index in [1.807, 2.05) is 0 Å². The number of anilines is 1. The second-order valence-electron chi connectivity index (χ2n) is 5.99. The van der Waals surface area contributed by atoms with Crippen molar-refractivity contribution in [1.29, 1.82) is 0 Å². The van der Waals surface area contributed by atoms with Gasteiger partial charge >= 0.3 is 0 Å². The van der Waals surface area contributed by atoms with Gasteiger partial charge in [0, 0.05) is 24.3 Å². The van der Waals surface area contributed by atoms with Gasteiger partial charge in [-0.2, -0.15) is 0 Å². The van der Waals surface area contributed by atoms with Crippen LogP contribution in [0.4, 0.5) is 5.69 Å². The molecule has 23 heavy (non-hydrogen) atoms. The van der Waals surface area contributed by atoms with Crippen LogP contribution in [0.15, 0.2) is 41.8 Å². The Hall–Kier alpha value is -1.22. The number of piperidine rings is 1. The SMILES string of the molecule is Clc1c(-c2cccc(N3CCCCC3)c2)cc2ccsc2c1Cl. The van der Waals surface area contributed by atoms with E-state index in [1.54, 1.807) is 11.3 Å². The van der Waals surface area contributed by atoms with E-state index < -0.39 is 0 Å². The molecule has 1 aromatic heterocycles. The van der Waals surface area contributed by atoms with Crippen LogP contribution in [0.25, 0.3) is 21.2 Å². The van der Waals surface area contributed by atoms with Gasteiger partial charge in [-0.1, -0.05) is 35.3 Å². The van der Waals surface area contributed by atoms with Crippen LogP contribution in [-0.4, -0.2) is 13.1 Å². The van der Waals surface area contributed by atoms with E-state index in [9.17, 15) is 0 Å². The van der Waals surface area contributed by atoms with E-state index in [0.717, 1.165) is 34.3 Å². The van der Waals surface area contributed by atoms with Crippen molar-refractivity contribution >= 4 is 50.3 Å². The number of thiophene rings is 1. The van der Waals surface area contributed by atoms with Crippen LogP contribution in [0, 0.1) is 0 Å². The fourth-order valence-electron chi connectivity index (χ4n) is 3.28. The van der Waals surface area contributed by atoms with Gasteiger partial charge < -0.3 is 4.90 Å². The minimum Gasteiger partial charge on any atom is -0.372 e. The number of halogens is 2. The predicted molar refractivity (Wildman–Crippen MR) is 103 cm³/mol. The van der Waals surface area contributed by atoms with Crippen LogP contribution >= 0.6 is 34.5 Å². The average Bonchev–Trinajstić information content (AvgIpc) is 3.08. The zero-order valence-electron chi connectivity index (χ0n) is 12.7. The first-order chi connectivity index (χ1) is 11.2. The highest BCUT2D eigenvalue weighted by atomic mass is 35.5. The van der Waals surface area contributed by atoms with E-state index in [2.05, 4.69) is 46.7 Å². The first kappa shape index (κ1) is 15.3. The molecule has 0 aliphatic carbocycles. The maximum Gasteiger partial charge on any atom is 0.0776 e. The third-order valence-electron chi connectivity index (χ3n) is 4.50. The molecule has 1 aliphatic rings. The van der Waals surface area contributed by atoms with Crippen molar-refractivity contribution in [2.45, 2.75) is 19.3 Å². The molecule has 0 spiro atoms. The molecule has 2 aromatic carbocycles. The number of nitrogens with zero attached hydrogens (tertiary/aromatic N) is 1. The fraction of sp³-hybridized carbons (Fsp3) is 0.263. The Morgan fingerprint density at radius 3 is 2.57 bits per heavy atom. The Kier molecular flexibility index (Phi) is 4.23. The van der Waals surface area contributed by atoms with Gasteiger partial charge in [0.05, 0.1) is 14.7 Å². The number of fused-ring (bicyclic) bond motifs is 1. The van der Waals surface area contributed by atoms with E-state index in [4.69, 9.17) is 23.2 Å². The monoisotopic (exact) mass is 361 g/mol. The lowest BCUT2D eigenvalue weighted by Crippen LogP contribution is -2.29. The second kappa shape index (κ2) is 6.35. The lowest BCUT2D eigenvalue weighted by atomic mass is 10.0. The molecule has 0 amide bonds. The molecule has 0 unspecified atom stereocenters. The van der Waals surface area contributed by atoms with Crippen LogP contribution in [0.3, 0.4) is 0 Å². The standard InChI is InChI=1S/C19H17Cl2NS/c20-17-16(12-14-7-10-23-19(14)18(17)21)13-5-4-6-15(11-13)22-8-2-1-3-9-22/h4-7,10-12H,1-3,8-9H2. The third-order valence-corrected chi connectivity index (χ3v) is 6.43. The summed E-state index contributed by atoms with van der Waals surface area (Å²) in [6, 6.07) is 12.9. The highest BCUT2D eigenvalue weighted by Crippen LogP contribution is 2.42. The summed E-state index contributed by atoms with van der Waals surface area (Å²) in [5.74, 6) is 0. The minimum absolute atomic E-state index is 0.650. The molecule has 118 valence electrons. The third kappa shape index (κ3) is 2.84. The van der Waals surface area contributed by atoms with E-state index in [1.165, 1.54) is 24.9 Å². The van der Waals surface area contributed by atoms with Crippen molar-refractivity contribution in [2.75, 3.05) is 18.0 Å². The summed E-state index contributed by atoms with van der Waals surface area (Å²) in [5, 5.41) is 4.53. The maximum atomic E-state index is 6.56. The maximum absolute atomic E-state index is 6.56. The van der Waals surface area contributed by atoms with Crippen LogP contribution in [0.5, 0.6) is 0 Å². The summed E-state index contributed by atoms with van der Waals surface area (Å²) in [6.45, 7) is 2.28. The van der Waals surface area contributed by atoms with Gasteiger partial charge in [-0.3, -0.25) is 0 Å². The molecule has 0 saturated carbocycles. The lowest BCUT2D eigenvalue weighted by Gasteiger charge is -2.29. The highest BCUT2D eigenvalue weighted by Gasteiger charge is 2.15. The van der Waals surface area contributed by atoms with E-state index in [0.29, 0.717) is 10.0 Å².